The predicted octanol–water partition coefficient (Wildman–Crippen LogP) is 2.40. The first-order valence-electron chi connectivity index (χ1n) is 8.87. The predicted molar refractivity (Wildman–Crippen MR) is 101 cm³/mol. The van der Waals surface area contributed by atoms with Crippen molar-refractivity contribution in [3.05, 3.63) is 23.8 Å². The number of urea groups is 1. The van der Waals surface area contributed by atoms with Gasteiger partial charge in [0.2, 0.25) is 5.91 Å². The average molecular weight is 365 g/mol. The number of hydrogen-bond donors (Lipinski definition) is 2. The Kier molecular flexibility index (Phi) is 8.92. The Morgan fingerprint density at radius 2 is 1.88 bits per heavy atom. The van der Waals surface area contributed by atoms with Crippen LogP contribution in [-0.4, -0.2) is 50.2 Å². The summed E-state index contributed by atoms with van der Waals surface area (Å²) in [5.41, 5.74) is 0.983. The van der Waals surface area contributed by atoms with Crippen molar-refractivity contribution in [2.24, 2.45) is 5.92 Å². The molecule has 0 aliphatic rings. The van der Waals surface area contributed by atoms with Crippen molar-refractivity contribution in [3.63, 3.8) is 0 Å². The van der Waals surface area contributed by atoms with Gasteiger partial charge < -0.3 is 14.8 Å². The number of methoxy groups -OCH3 is 1. The van der Waals surface area contributed by atoms with E-state index in [0.29, 0.717) is 37.1 Å². The second-order valence-electron chi connectivity index (χ2n) is 6.60. The van der Waals surface area contributed by atoms with Crippen LogP contribution >= 0.6 is 0 Å². The topological polar surface area (TPSA) is 79.9 Å². The zero-order valence-electron chi connectivity index (χ0n) is 16.6. The highest BCUT2D eigenvalue weighted by molar-refractivity contribution is 5.96. The minimum Gasteiger partial charge on any atom is -0.493 e. The second kappa shape index (κ2) is 10.7. The standard InChI is InChI=1S/C19H31N3O4/c1-7-26-16-9-8-15(10-17(16)25-6)12-22(5)14(4)18(23)21-19(24)20-11-13(2)3/h8-10,13-14H,7,11-12H2,1-6H3,(H2,20,21,23,24). The van der Waals surface area contributed by atoms with Gasteiger partial charge in [0.1, 0.15) is 0 Å². The maximum atomic E-state index is 12.2. The molecule has 0 aromatic heterocycles. The first kappa shape index (κ1) is 21.8. The largest absolute Gasteiger partial charge is 0.493 e. The van der Waals surface area contributed by atoms with Gasteiger partial charge in [-0.3, -0.25) is 15.0 Å². The van der Waals surface area contributed by atoms with Crippen molar-refractivity contribution in [1.82, 2.24) is 15.5 Å². The van der Waals surface area contributed by atoms with E-state index < -0.39 is 12.1 Å². The highest BCUT2D eigenvalue weighted by atomic mass is 16.5. The number of carbonyl (C=O) groups is 2. The second-order valence-corrected chi connectivity index (χ2v) is 6.60. The van der Waals surface area contributed by atoms with Crippen molar-refractivity contribution >= 4 is 11.9 Å². The number of amides is 3. The molecule has 146 valence electrons. The monoisotopic (exact) mass is 365 g/mol. The molecule has 26 heavy (non-hydrogen) atoms. The highest BCUT2D eigenvalue weighted by Gasteiger charge is 2.20. The Bertz CT molecular complexity index is 604. The van der Waals surface area contributed by atoms with Crippen LogP contribution in [0.1, 0.15) is 33.3 Å². The average Bonchev–Trinajstić information content (AvgIpc) is 2.60. The van der Waals surface area contributed by atoms with Gasteiger partial charge in [0.25, 0.3) is 0 Å². The van der Waals surface area contributed by atoms with Gasteiger partial charge in [-0.15, -0.1) is 0 Å². The van der Waals surface area contributed by atoms with Crippen LogP contribution in [-0.2, 0) is 11.3 Å². The van der Waals surface area contributed by atoms with Gasteiger partial charge in [-0.1, -0.05) is 19.9 Å². The van der Waals surface area contributed by atoms with Crippen LogP contribution in [0.4, 0.5) is 4.79 Å². The molecular formula is C19H31N3O4. The fourth-order valence-corrected chi connectivity index (χ4v) is 2.27. The minimum atomic E-state index is -0.466. The Hall–Kier alpha value is -2.28. The lowest BCUT2D eigenvalue weighted by atomic mass is 10.1. The Balaban J connectivity index is 2.64. The van der Waals surface area contributed by atoms with E-state index in [1.165, 1.54) is 0 Å². The number of carbonyl (C=O) groups excluding carboxylic acids is 2. The van der Waals surface area contributed by atoms with E-state index in [0.717, 1.165) is 5.56 Å². The van der Waals surface area contributed by atoms with Crippen molar-refractivity contribution in [2.75, 3.05) is 27.3 Å². The van der Waals surface area contributed by atoms with Gasteiger partial charge in [-0.2, -0.15) is 0 Å². The Labute approximate surface area is 156 Å². The van der Waals surface area contributed by atoms with E-state index in [4.69, 9.17) is 9.47 Å². The van der Waals surface area contributed by atoms with E-state index in [9.17, 15) is 9.59 Å². The number of ether oxygens (including phenoxy) is 2. The zero-order chi connectivity index (χ0) is 19.7. The summed E-state index contributed by atoms with van der Waals surface area (Å²) in [7, 11) is 3.43. The molecule has 2 N–H and O–H groups in total. The number of hydrogen-bond acceptors (Lipinski definition) is 5. The Morgan fingerprint density at radius 1 is 1.19 bits per heavy atom. The summed E-state index contributed by atoms with van der Waals surface area (Å²) in [6, 6.07) is 4.75. The fourth-order valence-electron chi connectivity index (χ4n) is 2.27. The summed E-state index contributed by atoms with van der Waals surface area (Å²) >= 11 is 0. The van der Waals surface area contributed by atoms with E-state index in [1.54, 1.807) is 14.0 Å². The number of likely N-dealkylation sites (N-methyl/N-ethyl adjacent to an activating group) is 1. The molecule has 0 aliphatic heterocycles. The maximum Gasteiger partial charge on any atom is 0.321 e. The lowest BCUT2D eigenvalue weighted by Crippen LogP contribution is -2.48. The third-order valence-electron chi connectivity index (χ3n) is 3.91. The lowest BCUT2D eigenvalue weighted by molar-refractivity contribution is -0.124. The molecule has 0 fully saturated rings. The van der Waals surface area contributed by atoms with Crippen molar-refractivity contribution in [1.29, 1.82) is 0 Å². The molecule has 1 rings (SSSR count). The number of imide groups is 1. The number of benzene rings is 1. The molecule has 1 aromatic carbocycles. The molecule has 0 heterocycles. The molecule has 3 amide bonds. The summed E-state index contributed by atoms with van der Waals surface area (Å²) in [5, 5.41) is 5.04. The molecule has 0 radical (unpaired) electrons. The Morgan fingerprint density at radius 3 is 2.46 bits per heavy atom. The highest BCUT2D eigenvalue weighted by Crippen LogP contribution is 2.28. The van der Waals surface area contributed by atoms with Gasteiger partial charge in [0, 0.05) is 13.1 Å². The summed E-state index contributed by atoms with van der Waals surface area (Å²) in [6.45, 7) is 9.27. The number of rotatable bonds is 9. The molecule has 0 aliphatic carbocycles. The van der Waals surface area contributed by atoms with Crippen LogP contribution in [0.3, 0.4) is 0 Å². The van der Waals surface area contributed by atoms with Crippen LogP contribution in [0.2, 0.25) is 0 Å². The third kappa shape index (κ3) is 6.92. The maximum absolute atomic E-state index is 12.2. The normalized spacial score (nSPS) is 12.0. The van der Waals surface area contributed by atoms with Crippen LogP contribution in [0.15, 0.2) is 18.2 Å². The van der Waals surface area contributed by atoms with E-state index >= 15 is 0 Å². The van der Waals surface area contributed by atoms with Crippen molar-refractivity contribution < 1.29 is 19.1 Å². The fraction of sp³-hybridized carbons (Fsp3) is 0.579. The lowest BCUT2D eigenvalue weighted by Gasteiger charge is -2.24. The summed E-state index contributed by atoms with van der Waals surface area (Å²) in [6.07, 6.45) is 0. The third-order valence-corrected chi connectivity index (χ3v) is 3.91. The first-order chi connectivity index (χ1) is 12.3. The van der Waals surface area contributed by atoms with Gasteiger partial charge in [0.15, 0.2) is 11.5 Å². The minimum absolute atomic E-state index is 0.325. The number of nitrogens with one attached hydrogen (secondary N) is 2. The molecular weight excluding hydrogens is 334 g/mol. The number of nitrogens with zero attached hydrogens (tertiary/aromatic N) is 1. The van der Waals surface area contributed by atoms with Crippen LogP contribution in [0, 0.1) is 5.92 Å². The van der Waals surface area contributed by atoms with Crippen molar-refractivity contribution in [2.45, 2.75) is 40.3 Å². The smallest absolute Gasteiger partial charge is 0.321 e. The molecule has 1 aromatic rings. The summed E-state index contributed by atoms with van der Waals surface area (Å²) in [4.78, 5) is 25.8. The molecule has 7 heteroatoms. The van der Waals surface area contributed by atoms with Crippen molar-refractivity contribution in [3.8, 4) is 11.5 Å². The first-order valence-corrected chi connectivity index (χ1v) is 8.87. The molecule has 0 saturated carbocycles. The van der Waals surface area contributed by atoms with E-state index in [1.807, 2.05) is 50.9 Å². The molecule has 1 unspecified atom stereocenters. The zero-order valence-corrected chi connectivity index (χ0v) is 16.6. The van der Waals surface area contributed by atoms with Gasteiger partial charge in [-0.05, 0) is 44.5 Å². The van der Waals surface area contributed by atoms with E-state index in [-0.39, 0.29) is 5.91 Å². The van der Waals surface area contributed by atoms with Crippen LogP contribution in [0.25, 0.3) is 0 Å². The summed E-state index contributed by atoms with van der Waals surface area (Å²) in [5.74, 6) is 1.33. The molecule has 0 bridgehead atoms. The molecule has 7 nitrogen and oxygen atoms in total. The van der Waals surface area contributed by atoms with E-state index in [2.05, 4.69) is 10.6 Å². The molecule has 0 spiro atoms. The molecule has 1 atom stereocenters. The van der Waals surface area contributed by atoms with Crippen LogP contribution < -0.4 is 20.1 Å². The van der Waals surface area contributed by atoms with Gasteiger partial charge in [0.05, 0.1) is 19.8 Å². The van der Waals surface area contributed by atoms with Crippen LogP contribution in [0.5, 0.6) is 11.5 Å². The van der Waals surface area contributed by atoms with Gasteiger partial charge >= 0.3 is 6.03 Å². The summed E-state index contributed by atoms with van der Waals surface area (Å²) < 4.78 is 10.9. The quantitative estimate of drug-likeness (QED) is 0.702. The SMILES string of the molecule is CCOc1ccc(CN(C)C(C)C(=O)NC(=O)NCC(C)C)cc1OC. The molecule has 0 saturated heterocycles. The van der Waals surface area contributed by atoms with Gasteiger partial charge in [-0.25, -0.2) is 4.79 Å².